The SMILES string of the molecule is c1cc(-c2ccc3c(c2)sc2c4ccccc4ccc32)cc(-c2c3ccccc3c(-c3ccc4ccccc4c3)c3ccccc23)c1. The second kappa shape index (κ2) is 10.4. The number of fused-ring (bicyclic) bond motifs is 8. The molecule has 0 aliphatic heterocycles. The monoisotopic (exact) mass is 612 g/mol. The van der Waals surface area contributed by atoms with E-state index in [1.807, 2.05) is 11.3 Å². The zero-order chi connectivity index (χ0) is 30.9. The highest BCUT2D eigenvalue weighted by Gasteiger charge is 2.17. The Morgan fingerprint density at radius 2 is 0.787 bits per heavy atom. The molecule has 0 aliphatic carbocycles. The van der Waals surface area contributed by atoms with Crippen molar-refractivity contribution in [2.24, 2.45) is 0 Å². The van der Waals surface area contributed by atoms with Gasteiger partial charge in [-0.25, -0.2) is 0 Å². The maximum Gasteiger partial charge on any atom is 0.0433 e. The number of thiophene rings is 1. The van der Waals surface area contributed by atoms with Crippen LogP contribution in [0.25, 0.3) is 96.6 Å². The molecule has 0 nitrogen and oxygen atoms in total. The summed E-state index contributed by atoms with van der Waals surface area (Å²) in [6.07, 6.45) is 0. The summed E-state index contributed by atoms with van der Waals surface area (Å²) in [4.78, 5) is 0. The minimum atomic E-state index is 1.23. The van der Waals surface area contributed by atoms with Gasteiger partial charge in [0.15, 0.2) is 0 Å². The normalized spacial score (nSPS) is 11.8. The fraction of sp³-hybridized carbons (Fsp3) is 0. The van der Waals surface area contributed by atoms with Gasteiger partial charge < -0.3 is 0 Å². The van der Waals surface area contributed by atoms with Crippen LogP contribution < -0.4 is 0 Å². The van der Waals surface area contributed by atoms with Gasteiger partial charge in [0.2, 0.25) is 0 Å². The van der Waals surface area contributed by atoms with Gasteiger partial charge in [0.05, 0.1) is 0 Å². The van der Waals surface area contributed by atoms with E-state index in [4.69, 9.17) is 0 Å². The van der Waals surface area contributed by atoms with Crippen LogP contribution >= 0.6 is 11.3 Å². The molecule has 0 amide bonds. The van der Waals surface area contributed by atoms with Crippen LogP contribution in [0, 0.1) is 0 Å². The lowest BCUT2D eigenvalue weighted by Crippen LogP contribution is -1.91. The van der Waals surface area contributed by atoms with E-state index in [2.05, 4.69) is 170 Å². The third-order valence-corrected chi connectivity index (χ3v) is 11.0. The molecule has 0 N–H and O–H groups in total. The zero-order valence-electron chi connectivity index (χ0n) is 25.6. The summed E-state index contributed by atoms with van der Waals surface area (Å²) in [7, 11) is 0. The Bertz CT molecular complexity index is 2800. The summed E-state index contributed by atoms with van der Waals surface area (Å²) < 4.78 is 2.70. The van der Waals surface area contributed by atoms with Gasteiger partial charge in [0.25, 0.3) is 0 Å². The van der Waals surface area contributed by atoms with Crippen molar-refractivity contribution in [2.45, 2.75) is 0 Å². The molecule has 47 heavy (non-hydrogen) atoms. The highest BCUT2D eigenvalue weighted by Crippen LogP contribution is 2.45. The van der Waals surface area contributed by atoms with Crippen molar-refractivity contribution in [3.63, 3.8) is 0 Å². The molecular formula is C46H28S. The van der Waals surface area contributed by atoms with Crippen LogP contribution in [0.2, 0.25) is 0 Å². The Morgan fingerprint density at radius 3 is 1.51 bits per heavy atom. The average Bonchev–Trinajstić information content (AvgIpc) is 3.52. The fourth-order valence-electron chi connectivity index (χ4n) is 7.63. The lowest BCUT2D eigenvalue weighted by atomic mass is 9.85. The summed E-state index contributed by atoms with van der Waals surface area (Å²) in [6.45, 7) is 0. The van der Waals surface area contributed by atoms with Crippen molar-refractivity contribution in [3.8, 4) is 33.4 Å². The van der Waals surface area contributed by atoms with E-state index in [0.717, 1.165) is 0 Å². The minimum Gasteiger partial charge on any atom is -0.135 e. The van der Waals surface area contributed by atoms with Gasteiger partial charge in [-0.05, 0) is 94.7 Å². The van der Waals surface area contributed by atoms with Crippen LogP contribution in [0.1, 0.15) is 0 Å². The maximum atomic E-state index is 2.38. The third kappa shape index (κ3) is 4.14. The highest BCUT2D eigenvalue weighted by atomic mass is 32.1. The van der Waals surface area contributed by atoms with Crippen molar-refractivity contribution in [1.29, 1.82) is 0 Å². The third-order valence-electron chi connectivity index (χ3n) is 9.82. The molecule has 0 saturated heterocycles. The van der Waals surface area contributed by atoms with Gasteiger partial charge >= 0.3 is 0 Å². The highest BCUT2D eigenvalue weighted by molar-refractivity contribution is 7.26. The molecule has 0 spiro atoms. The van der Waals surface area contributed by atoms with Crippen LogP contribution in [0.3, 0.4) is 0 Å². The molecule has 0 unspecified atom stereocenters. The summed E-state index contributed by atoms with van der Waals surface area (Å²) in [6, 6.07) is 62.7. The topological polar surface area (TPSA) is 0 Å². The van der Waals surface area contributed by atoms with Crippen molar-refractivity contribution in [2.75, 3.05) is 0 Å². The van der Waals surface area contributed by atoms with Gasteiger partial charge in [-0.3, -0.25) is 0 Å². The average molecular weight is 613 g/mol. The van der Waals surface area contributed by atoms with Crippen molar-refractivity contribution < 1.29 is 0 Å². The first-order valence-corrected chi connectivity index (χ1v) is 17.0. The number of rotatable bonds is 3. The predicted octanol–water partition coefficient (Wildman–Crippen LogP) is 13.7. The molecule has 218 valence electrons. The second-order valence-corrected chi connectivity index (χ2v) is 13.5. The van der Waals surface area contributed by atoms with Gasteiger partial charge in [-0.15, -0.1) is 11.3 Å². The van der Waals surface area contributed by atoms with E-state index in [0.29, 0.717) is 0 Å². The molecule has 0 atom stereocenters. The first kappa shape index (κ1) is 26.5. The molecule has 0 saturated carbocycles. The van der Waals surface area contributed by atoms with Gasteiger partial charge in [-0.2, -0.15) is 0 Å². The van der Waals surface area contributed by atoms with Crippen LogP contribution in [0.5, 0.6) is 0 Å². The quantitative estimate of drug-likeness (QED) is 0.174. The molecule has 1 heterocycles. The van der Waals surface area contributed by atoms with E-state index in [1.165, 1.54) is 96.6 Å². The van der Waals surface area contributed by atoms with Crippen LogP contribution in [0.4, 0.5) is 0 Å². The molecule has 0 radical (unpaired) electrons. The largest absolute Gasteiger partial charge is 0.135 e. The van der Waals surface area contributed by atoms with Crippen LogP contribution in [-0.4, -0.2) is 0 Å². The van der Waals surface area contributed by atoms with Crippen molar-refractivity contribution in [3.05, 3.63) is 170 Å². The Labute approximate surface area is 276 Å². The van der Waals surface area contributed by atoms with Gasteiger partial charge in [0.1, 0.15) is 0 Å². The standard InChI is InChI=1S/C46H28S/c1-2-12-31-26-35(21-20-29(31)10-1)45-40-18-7-5-16-38(40)44(39-17-6-8-19-41(39)45)34-14-9-13-32(27-34)33-23-24-37-42-25-22-30-11-3-4-15-36(30)46(42)47-43(37)28-33/h1-28H. The second-order valence-electron chi connectivity index (χ2n) is 12.5. The molecule has 10 rings (SSSR count). The Hall–Kier alpha value is -5.76. The summed E-state index contributed by atoms with van der Waals surface area (Å²) in [5.74, 6) is 0. The lowest BCUT2D eigenvalue weighted by molar-refractivity contribution is 1.63. The predicted molar refractivity (Wildman–Crippen MR) is 206 cm³/mol. The summed E-state index contributed by atoms with van der Waals surface area (Å²) in [5.41, 5.74) is 7.56. The van der Waals surface area contributed by atoms with Crippen LogP contribution in [-0.2, 0) is 0 Å². The van der Waals surface area contributed by atoms with Gasteiger partial charge in [0, 0.05) is 20.2 Å². The molecule has 1 heteroatoms. The van der Waals surface area contributed by atoms with E-state index in [1.54, 1.807) is 0 Å². The first-order chi connectivity index (χ1) is 23.3. The Kier molecular flexibility index (Phi) is 5.85. The number of hydrogen-bond acceptors (Lipinski definition) is 1. The molecule has 10 aromatic rings. The van der Waals surface area contributed by atoms with Gasteiger partial charge in [-0.1, -0.05) is 152 Å². The molecule has 9 aromatic carbocycles. The van der Waals surface area contributed by atoms with E-state index >= 15 is 0 Å². The molecule has 0 bridgehead atoms. The Balaban J connectivity index is 1.17. The maximum absolute atomic E-state index is 2.38. The molecule has 0 aliphatic rings. The van der Waals surface area contributed by atoms with E-state index in [-0.39, 0.29) is 0 Å². The first-order valence-electron chi connectivity index (χ1n) is 16.2. The number of benzene rings is 9. The Morgan fingerprint density at radius 1 is 0.277 bits per heavy atom. The lowest BCUT2D eigenvalue weighted by Gasteiger charge is -2.18. The molecule has 0 fully saturated rings. The fourth-order valence-corrected chi connectivity index (χ4v) is 8.91. The smallest absolute Gasteiger partial charge is 0.0433 e. The molecule has 1 aromatic heterocycles. The van der Waals surface area contributed by atoms with E-state index < -0.39 is 0 Å². The van der Waals surface area contributed by atoms with Crippen molar-refractivity contribution >= 4 is 74.6 Å². The van der Waals surface area contributed by atoms with E-state index in [9.17, 15) is 0 Å². The summed E-state index contributed by atoms with van der Waals surface area (Å²) >= 11 is 1.90. The zero-order valence-corrected chi connectivity index (χ0v) is 26.4. The number of hydrogen-bond donors (Lipinski definition) is 0. The van der Waals surface area contributed by atoms with Crippen molar-refractivity contribution in [1.82, 2.24) is 0 Å². The summed E-state index contributed by atoms with van der Waals surface area (Å²) in [5, 5.41) is 12.9. The molecular weight excluding hydrogens is 585 g/mol. The van der Waals surface area contributed by atoms with Crippen LogP contribution in [0.15, 0.2) is 170 Å². The minimum absolute atomic E-state index is 1.23.